The van der Waals surface area contributed by atoms with Gasteiger partial charge in [-0.1, -0.05) is 97.6 Å². The Bertz CT molecular complexity index is 3400. The molecule has 3 N–H and O–H groups in total. The maximum Gasteiger partial charge on any atom is 0.514 e. The van der Waals surface area contributed by atoms with Crippen LogP contribution in [0.3, 0.4) is 0 Å². The van der Waals surface area contributed by atoms with Crippen LogP contribution in [0.1, 0.15) is 176 Å². The second kappa shape index (κ2) is 67.0. The van der Waals surface area contributed by atoms with Crippen molar-refractivity contribution in [1.29, 1.82) is 0 Å². The highest BCUT2D eigenvalue weighted by molar-refractivity contribution is 7.33. The van der Waals surface area contributed by atoms with Crippen molar-refractivity contribution >= 4 is 86.7 Å². The zero-order chi connectivity index (χ0) is 87.0. The molecule has 3 radical (unpaired) electrons. The molecule has 0 saturated heterocycles. The molecule has 0 aliphatic heterocycles. The van der Waals surface area contributed by atoms with Crippen molar-refractivity contribution in [2.24, 2.45) is 0 Å². The van der Waals surface area contributed by atoms with E-state index in [4.69, 9.17) is 98.6 Å². The van der Waals surface area contributed by atoms with E-state index in [1.807, 2.05) is 179 Å². The molecule has 657 valence electrons. The first kappa shape index (κ1) is 109. The Kier molecular flexibility index (Phi) is 62.6. The Morgan fingerprint density at radius 2 is 0.684 bits per heavy atom. The molecule has 22 nitrogen and oxygen atoms in total. The smallest absolute Gasteiger partial charge is 0.508 e. The summed E-state index contributed by atoms with van der Waals surface area (Å²) in [5.74, 6) is 2.66. The van der Waals surface area contributed by atoms with Crippen LogP contribution >= 0.6 is 22.2 Å². The van der Waals surface area contributed by atoms with Gasteiger partial charge in [0.15, 0.2) is 0 Å². The van der Waals surface area contributed by atoms with Gasteiger partial charge in [0.05, 0.1) is 6.26 Å². The van der Waals surface area contributed by atoms with Crippen LogP contribution in [-0.4, -0.2) is 172 Å². The number of phenolic OH excluding ortho intramolecular Hbond substituents is 3. The molecule has 0 saturated carbocycles. The molecule has 0 aromatic heterocycles. The monoisotopic (exact) mass is 1770 g/mol. The number of halogens is 2. The van der Waals surface area contributed by atoms with E-state index in [1.165, 1.54) is 24.3 Å². The predicted octanol–water partition coefficient (Wildman–Crippen LogP) is 21.0. The number of carbonyl (C=O) groups is 2. The molecule has 0 aliphatic carbocycles. The highest BCUT2D eigenvalue weighted by Crippen LogP contribution is 2.27. The molecule has 0 fully saturated rings. The Morgan fingerprint density at radius 3 is 0.949 bits per heavy atom. The van der Waals surface area contributed by atoms with Gasteiger partial charge in [0.2, 0.25) is 0 Å². The maximum absolute atomic E-state index is 11.7. The van der Waals surface area contributed by atoms with Gasteiger partial charge >= 0.3 is 57.1 Å². The first-order chi connectivity index (χ1) is 56.2. The molecule has 30 heteroatoms. The number of esters is 1. The predicted molar refractivity (Wildman–Crippen MR) is 480 cm³/mol. The van der Waals surface area contributed by atoms with Crippen molar-refractivity contribution in [2.75, 3.05) is 86.9 Å². The van der Waals surface area contributed by atoms with E-state index in [0.717, 1.165) is 141 Å². The van der Waals surface area contributed by atoms with Crippen molar-refractivity contribution in [3.05, 3.63) is 192 Å². The molecular weight excluding hydrogens is 1640 g/mol. The van der Waals surface area contributed by atoms with Gasteiger partial charge < -0.3 is 91.8 Å². The van der Waals surface area contributed by atoms with Crippen LogP contribution in [0.2, 0.25) is 36.3 Å². The molecular formula is C87H139Cl2O22Si6. The van der Waals surface area contributed by atoms with E-state index in [1.54, 1.807) is 65.3 Å². The lowest BCUT2D eigenvalue weighted by molar-refractivity contribution is -0.131. The first-order valence-corrected chi connectivity index (χ1v) is 53.7. The molecule has 0 aliphatic rings. The van der Waals surface area contributed by atoms with E-state index in [0.29, 0.717) is 101 Å². The normalized spacial score (nSPS) is 11.4. The number of ether oxygens (including phenoxy) is 4. The fourth-order valence-corrected chi connectivity index (χ4v) is 23.2. The van der Waals surface area contributed by atoms with Crippen LogP contribution in [0.25, 0.3) is 0 Å². The van der Waals surface area contributed by atoms with Crippen molar-refractivity contribution in [2.45, 2.75) is 223 Å². The van der Waals surface area contributed by atoms with E-state index in [2.05, 4.69) is 18.7 Å². The lowest BCUT2D eigenvalue weighted by Gasteiger charge is -2.28. The van der Waals surface area contributed by atoms with E-state index in [9.17, 15) is 24.9 Å². The minimum absolute atomic E-state index is 0.307. The molecule has 0 heterocycles. The standard InChI is InChI=1S/C20H34O6Si.C17H28O5Si.C17H28O4Si.C13H21O3Si.C11H17O3Si.C9H11Cl2OSi/c1-7-22-27(23-8-2,24-9-3)16-10-11-17-12-14-18(15-13-17)25-19(21)26-20(4,5)6;1-5-19-23(20-6-2,21-7-3)14-8-9-16-10-12-17(13-11-16)22-15(4)18;1-5-18-17-13-11-16(12-14-17)10-9-15-22(19-6-2,20-7-3)21-8-4;1-3-15-17(16-4-2)11-7-9-12-8-5-6-10-13(12)14;1-13-15(14-2)9-5-7-10-6-3-4-8-11(10)12;10-13(11)7-3-5-8-4-1-2-6-9(8)12/h12-15H,7-11,16H2,1-6H3;10-13H,5-9,14H2,1-4H3;5,11-14H,1,6-10,15H2,2-4H3;5-6,8,10,14H,3-4,7,9,11H2,1-2H3;3-4,6,8,12H,5,7,9H2,1-2H3;1-2,4,6,12H,3,5,7H2. The van der Waals surface area contributed by atoms with Crippen molar-refractivity contribution in [3.8, 4) is 34.5 Å². The number of carbonyl (C=O) groups excluding carboxylic acids is 2. The molecule has 0 bridgehead atoms. The largest absolute Gasteiger partial charge is 0.514 e. The highest BCUT2D eigenvalue weighted by Gasteiger charge is 2.42. The summed E-state index contributed by atoms with van der Waals surface area (Å²) in [5.41, 5.74) is 6.00. The Labute approximate surface area is 719 Å². The van der Waals surface area contributed by atoms with Crippen molar-refractivity contribution < 1.29 is 101 Å². The van der Waals surface area contributed by atoms with Gasteiger partial charge in [0, 0.05) is 112 Å². The number of rotatable bonds is 52. The van der Waals surface area contributed by atoms with Gasteiger partial charge in [-0.15, -0.1) is 22.2 Å². The molecule has 0 atom stereocenters. The summed E-state index contributed by atoms with van der Waals surface area (Å²) in [6.45, 7) is 38.9. The molecule has 0 unspecified atom stereocenters. The van der Waals surface area contributed by atoms with Gasteiger partial charge in [0.1, 0.15) is 40.1 Å². The summed E-state index contributed by atoms with van der Waals surface area (Å²) in [7, 11) is -7.65. The summed E-state index contributed by atoms with van der Waals surface area (Å²) < 4.78 is 94.8. The molecule has 117 heavy (non-hydrogen) atoms. The van der Waals surface area contributed by atoms with Crippen LogP contribution in [0.5, 0.6) is 34.5 Å². The highest BCUT2D eigenvalue weighted by atomic mass is 35.7. The zero-order valence-corrected chi connectivity index (χ0v) is 80.5. The minimum Gasteiger partial charge on any atom is -0.508 e. The SMILES string of the molecule is C=COc1ccc(CCC[Si](OCC)(OCC)OCC)cc1.CCO[Si](CCCc1ccc(OC(=O)OC(C)(C)C)cc1)(OCC)OCC.CCO[Si](CCCc1ccc(OC(C)=O)cc1)(OCC)OCC.CCO[Si](CCCc1ccccc1O)OCC.CO[Si](CCCc1ccccc1O)OC.Oc1ccccc1CCC[Si](Cl)Cl. The molecule has 0 spiro atoms. The van der Waals surface area contributed by atoms with Crippen LogP contribution in [-0.2, 0) is 106 Å². The third kappa shape index (κ3) is 51.7. The maximum atomic E-state index is 11.7. The van der Waals surface area contributed by atoms with E-state index in [-0.39, 0.29) is 5.97 Å². The minimum atomic E-state index is -2.59. The van der Waals surface area contributed by atoms with Crippen LogP contribution in [0.15, 0.2) is 158 Å². The molecule has 6 aromatic carbocycles. The quantitative estimate of drug-likeness (QED) is 0.00801. The van der Waals surface area contributed by atoms with Gasteiger partial charge in [-0.3, -0.25) is 4.79 Å². The molecule has 6 rings (SSSR count). The van der Waals surface area contributed by atoms with Crippen LogP contribution < -0.4 is 14.2 Å². The molecule has 6 aromatic rings. The fourth-order valence-electron chi connectivity index (χ4n) is 11.6. The lowest BCUT2D eigenvalue weighted by atomic mass is 10.1. The first-order valence-electron chi connectivity index (χ1n) is 41.1. The third-order valence-electron chi connectivity index (χ3n) is 16.5. The number of aryl methyl sites for hydroxylation is 6. The Morgan fingerprint density at radius 1 is 0.393 bits per heavy atom. The number of hydrogen-bond acceptors (Lipinski definition) is 22. The number of benzene rings is 6. The van der Waals surface area contributed by atoms with Gasteiger partial charge in [-0.05, 0) is 280 Å². The lowest BCUT2D eigenvalue weighted by Crippen LogP contribution is -2.46. The van der Waals surface area contributed by atoms with Crippen molar-refractivity contribution in [1.82, 2.24) is 0 Å². The summed E-state index contributed by atoms with van der Waals surface area (Å²) in [4.78, 5) is 22.6. The van der Waals surface area contributed by atoms with Gasteiger partial charge in [-0.2, -0.15) is 0 Å². The summed E-state index contributed by atoms with van der Waals surface area (Å²) in [5, 5.41) is 28.6. The van der Waals surface area contributed by atoms with Gasteiger partial charge in [-0.25, -0.2) is 4.79 Å². The summed E-state index contributed by atoms with van der Waals surface area (Å²) in [6.07, 6.45) is 11.8. The summed E-state index contributed by atoms with van der Waals surface area (Å²) in [6, 6.07) is 50.5. The molecule has 0 amide bonds. The average Bonchev–Trinajstić information content (AvgIpc) is 0.870. The Hall–Kier alpha value is -5.64. The van der Waals surface area contributed by atoms with Crippen LogP contribution in [0.4, 0.5) is 4.79 Å². The number of phenols is 3. The van der Waals surface area contributed by atoms with Crippen molar-refractivity contribution in [3.63, 3.8) is 0 Å². The topological polar surface area (TPSA) is 252 Å². The fraction of sp³-hybridized carbons (Fsp3) is 0.540. The second-order valence-corrected chi connectivity index (χ2v) is 43.3. The third-order valence-corrected chi connectivity index (χ3v) is 31.4. The summed E-state index contributed by atoms with van der Waals surface area (Å²) >= 11 is 11.4. The second-order valence-electron chi connectivity index (χ2n) is 26.7. The zero-order valence-electron chi connectivity index (χ0n) is 73.0. The number of para-hydroxylation sites is 3. The number of hydrogen-bond donors (Lipinski definition) is 3. The average molecular weight is 1780 g/mol. The van der Waals surface area contributed by atoms with Crippen LogP contribution in [0, 0.1) is 0 Å². The van der Waals surface area contributed by atoms with Gasteiger partial charge in [0.25, 0.3) is 7.42 Å². The number of aromatic hydroxyl groups is 3. The van der Waals surface area contributed by atoms with E-state index >= 15 is 0 Å². The van der Waals surface area contributed by atoms with E-state index < -0.39 is 64.2 Å². The Balaban J connectivity index is 0.000000713.